The number of aliphatic imine (C=N–C) groups is 1. The fraction of sp³-hybridized carbons (Fsp3) is 0.111. The second-order valence-electron chi connectivity index (χ2n) is 8.14. The number of aryl methyl sites for hydroxylation is 2. The summed E-state index contributed by atoms with van der Waals surface area (Å²) >= 11 is 1.34. The summed E-state index contributed by atoms with van der Waals surface area (Å²) in [4.78, 5) is 17.7. The lowest BCUT2D eigenvalue weighted by molar-refractivity contribution is -0.115. The molecule has 164 valence electrons. The highest BCUT2D eigenvalue weighted by Crippen LogP contribution is 2.29. The monoisotopic (exact) mass is 455 g/mol. The summed E-state index contributed by atoms with van der Waals surface area (Å²) in [6, 6.07) is 20.7. The zero-order valence-corrected chi connectivity index (χ0v) is 19.1. The van der Waals surface area contributed by atoms with Gasteiger partial charge in [0.05, 0.1) is 10.6 Å². The number of aromatic nitrogens is 1. The van der Waals surface area contributed by atoms with Crippen LogP contribution in [0.3, 0.4) is 0 Å². The van der Waals surface area contributed by atoms with Gasteiger partial charge in [-0.25, -0.2) is 9.38 Å². The maximum atomic E-state index is 13.5. The van der Waals surface area contributed by atoms with Crippen LogP contribution in [-0.2, 0) is 11.3 Å². The Morgan fingerprint density at radius 1 is 1.03 bits per heavy atom. The fourth-order valence-corrected chi connectivity index (χ4v) is 4.66. The molecule has 1 amide bonds. The van der Waals surface area contributed by atoms with Crippen LogP contribution in [0.15, 0.2) is 82.8 Å². The van der Waals surface area contributed by atoms with Crippen molar-refractivity contribution in [3.05, 3.63) is 106 Å². The van der Waals surface area contributed by atoms with E-state index in [4.69, 9.17) is 0 Å². The molecule has 1 aliphatic rings. The average Bonchev–Trinajstić information content (AvgIpc) is 3.33. The maximum Gasteiger partial charge on any atom is 0.264 e. The highest BCUT2D eigenvalue weighted by atomic mass is 32.2. The molecule has 6 heteroatoms. The second kappa shape index (κ2) is 8.71. The number of amidine groups is 1. The highest BCUT2D eigenvalue weighted by Gasteiger charge is 2.23. The molecule has 2 heterocycles. The zero-order valence-electron chi connectivity index (χ0n) is 18.3. The van der Waals surface area contributed by atoms with E-state index in [0.717, 1.165) is 27.7 Å². The summed E-state index contributed by atoms with van der Waals surface area (Å²) in [5, 5.41) is 4.49. The number of halogens is 1. The SMILES string of the molecule is Cc1ccc(N=C2NC(=O)/C(=C\c3ccc4c(ccn4Cc4cccc(F)c4)c3)S2)cc1C. The second-order valence-corrected chi connectivity index (χ2v) is 9.17. The van der Waals surface area contributed by atoms with Crippen LogP contribution in [0, 0.1) is 19.7 Å². The topological polar surface area (TPSA) is 46.4 Å². The van der Waals surface area contributed by atoms with Crippen molar-refractivity contribution in [2.24, 2.45) is 4.99 Å². The summed E-state index contributed by atoms with van der Waals surface area (Å²) in [5.41, 5.74) is 6.11. The van der Waals surface area contributed by atoms with Crippen LogP contribution in [-0.4, -0.2) is 15.6 Å². The first-order chi connectivity index (χ1) is 15.9. The summed E-state index contributed by atoms with van der Waals surface area (Å²) in [7, 11) is 0. The van der Waals surface area contributed by atoms with Gasteiger partial charge in [-0.05, 0) is 96.4 Å². The summed E-state index contributed by atoms with van der Waals surface area (Å²) < 4.78 is 15.6. The van der Waals surface area contributed by atoms with E-state index in [1.165, 1.54) is 29.0 Å². The summed E-state index contributed by atoms with van der Waals surface area (Å²) in [5.74, 6) is -0.378. The molecule has 0 spiro atoms. The molecule has 33 heavy (non-hydrogen) atoms. The first-order valence-electron chi connectivity index (χ1n) is 10.6. The number of nitrogens with one attached hydrogen (secondary N) is 1. The number of carbonyl (C=O) groups is 1. The van der Waals surface area contributed by atoms with Crippen LogP contribution in [0.5, 0.6) is 0 Å². The fourth-order valence-electron chi connectivity index (χ4n) is 3.82. The number of hydrogen-bond acceptors (Lipinski definition) is 3. The predicted molar refractivity (Wildman–Crippen MR) is 134 cm³/mol. The molecule has 0 saturated carbocycles. The summed E-state index contributed by atoms with van der Waals surface area (Å²) in [6.45, 7) is 4.70. The van der Waals surface area contributed by atoms with Gasteiger partial charge in [-0.2, -0.15) is 0 Å². The lowest BCUT2D eigenvalue weighted by Gasteiger charge is -2.06. The number of amides is 1. The standard InChI is InChI=1S/C27H22FN3OS/c1-17-6-8-23(12-18(17)2)29-27-30-26(32)25(33-27)15-19-7-9-24-21(13-19)10-11-31(24)16-20-4-3-5-22(28)14-20/h3-15H,16H2,1-2H3,(H,29,30,32)/b25-15+. The van der Waals surface area contributed by atoms with E-state index in [0.29, 0.717) is 16.6 Å². The molecular formula is C27H22FN3OS. The molecule has 4 nitrogen and oxygen atoms in total. The Labute approximate surface area is 195 Å². The minimum atomic E-state index is -0.231. The van der Waals surface area contributed by atoms with Crippen molar-refractivity contribution in [3.63, 3.8) is 0 Å². The van der Waals surface area contributed by atoms with Crippen LogP contribution in [0.1, 0.15) is 22.3 Å². The van der Waals surface area contributed by atoms with Gasteiger partial charge in [0.1, 0.15) is 5.82 Å². The van der Waals surface area contributed by atoms with E-state index in [2.05, 4.69) is 27.9 Å². The van der Waals surface area contributed by atoms with Crippen molar-refractivity contribution < 1.29 is 9.18 Å². The van der Waals surface area contributed by atoms with Gasteiger partial charge in [-0.1, -0.05) is 24.3 Å². The normalized spacial score (nSPS) is 16.2. The smallest absolute Gasteiger partial charge is 0.264 e. The third-order valence-electron chi connectivity index (χ3n) is 5.71. The van der Waals surface area contributed by atoms with Crippen LogP contribution >= 0.6 is 11.8 Å². The van der Waals surface area contributed by atoms with E-state index in [-0.39, 0.29) is 11.7 Å². The molecule has 1 aromatic heterocycles. The molecule has 0 bridgehead atoms. The van der Waals surface area contributed by atoms with Crippen molar-refractivity contribution in [1.82, 2.24) is 9.88 Å². The summed E-state index contributed by atoms with van der Waals surface area (Å²) in [6.07, 6.45) is 3.88. The van der Waals surface area contributed by atoms with Crippen LogP contribution in [0.2, 0.25) is 0 Å². The van der Waals surface area contributed by atoms with E-state index >= 15 is 0 Å². The number of nitrogens with zero attached hydrogens (tertiary/aromatic N) is 2. The largest absolute Gasteiger partial charge is 0.343 e. The van der Waals surface area contributed by atoms with E-state index < -0.39 is 0 Å². The quantitative estimate of drug-likeness (QED) is 0.365. The van der Waals surface area contributed by atoms with Crippen molar-refractivity contribution in [1.29, 1.82) is 0 Å². The number of rotatable bonds is 4. The van der Waals surface area contributed by atoms with Crippen LogP contribution in [0.4, 0.5) is 10.1 Å². The molecule has 0 radical (unpaired) electrons. The third-order valence-corrected chi connectivity index (χ3v) is 6.62. The number of hydrogen-bond donors (Lipinski definition) is 1. The van der Waals surface area contributed by atoms with E-state index in [1.54, 1.807) is 12.1 Å². The molecule has 1 saturated heterocycles. The molecule has 1 fully saturated rings. The molecule has 3 aromatic carbocycles. The molecule has 1 N–H and O–H groups in total. The van der Waals surface area contributed by atoms with Crippen molar-refractivity contribution in [2.75, 3.05) is 0 Å². The van der Waals surface area contributed by atoms with Gasteiger partial charge in [0, 0.05) is 23.6 Å². The minimum Gasteiger partial charge on any atom is -0.343 e. The van der Waals surface area contributed by atoms with Crippen LogP contribution < -0.4 is 5.32 Å². The van der Waals surface area contributed by atoms with Gasteiger partial charge in [-0.3, -0.25) is 4.79 Å². The first-order valence-corrected chi connectivity index (χ1v) is 11.5. The number of benzene rings is 3. The van der Waals surface area contributed by atoms with E-state index in [1.807, 2.05) is 61.7 Å². The Bertz CT molecular complexity index is 1450. The molecule has 0 aliphatic carbocycles. The van der Waals surface area contributed by atoms with Gasteiger partial charge in [0.2, 0.25) is 0 Å². The van der Waals surface area contributed by atoms with Crippen LogP contribution in [0.25, 0.3) is 17.0 Å². The first kappa shape index (κ1) is 21.2. The van der Waals surface area contributed by atoms with Gasteiger partial charge in [0.25, 0.3) is 5.91 Å². The average molecular weight is 456 g/mol. The molecule has 1 aliphatic heterocycles. The number of fused-ring (bicyclic) bond motifs is 1. The van der Waals surface area contributed by atoms with Crippen molar-refractivity contribution in [2.45, 2.75) is 20.4 Å². The van der Waals surface area contributed by atoms with Gasteiger partial charge in [0.15, 0.2) is 5.17 Å². The molecule has 5 rings (SSSR count). The van der Waals surface area contributed by atoms with Gasteiger partial charge < -0.3 is 9.88 Å². The Morgan fingerprint density at radius 3 is 2.73 bits per heavy atom. The minimum absolute atomic E-state index is 0.147. The lowest BCUT2D eigenvalue weighted by Crippen LogP contribution is -2.19. The highest BCUT2D eigenvalue weighted by molar-refractivity contribution is 8.18. The molecular weight excluding hydrogens is 433 g/mol. The Kier molecular flexibility index (Phi) is 5.60. The number of carbonyl (C=O) groups excluding carboxylic acids is 1. The van der Waals surface area contributed by atoms with Gasteiger partial charge >= 0.3 is 0 Å². The third kappa shape index (κ3) is 4.61. The Morgan fingerprint density at radius 2 is 1.91 bits per heavy atom. The maximum absolute atomic E-state index is 13.5. The van der Waals surface area contributed by atoms with Crippen molar-refractivity contribution in [3.8, 4) is 0 Å². The molecule has 0 atom stereocenters. The van der Waals surface area contributed by atoms with E-state index in [9.17, 15) is 9.18 Å². The van der Waals surface area contributed by atoms with Crippen molar-refractivity contribution >= 4 is 45.5 Å². The Hall–Kier alpha value is -3.64. The molecule has 0 unspecified atom stereocenters. The number of thioether (sulfide) groups is 1. The molecule has 4 aromatic rings. The zero-order chi connectivity index (χ0) is 22.9. The predicted octanol–water partition coefficient (Wildman–Crippen LogP) is 6.34. The Balaban J connectivity index is 1.37. The lowest BCUT2D eigenvalue weighted by atomic mass is 10.1. The van der Waals surface area contributed by atoms with Gasteiger partial charge in [-0.15, -0.1) is 0 Å².